The van der Waals surface area contributed by atoms with Crippen LogP contribution in [0.2, 0.25) is 0 Å². The molecule has 31 heavy (non-hydrogen) atoms. The molecule has 1 N–H and O–H groups in total. The summed E-state index contributed by atoms with van der Waals surface area (Å²) >= 11 is 0. The first kappa shape index (κ1) is 20.9. The summed E-state index contributed by atoms with van der Waals surface area (Å²) in [4.78, 5) is 14.6. The second kappa shape index (κ2) is 8.81. The lowest BCUT2D eigenvalue weighted by atomic mass is 10.1. The lowest BCUT2D eigenvalue weighted by molar-refractivity contribution is 0.0328. The SMILES string of the molecule is Cc1c(C(=O)N2CC[C@H](Oc3ccccc3F)[C@@H](O)CC2)nnn1-c1ccc(F)cc1. The Labute approximate surface area is 177 Å². The highest BCUT2D eigenvalue weighted by Gasteiger charge is 2.31. The summed E-state index contributed by atoms with van der Waals surface area (Å²) in [6.07, 6.45) is -0.846. The van der Waals surface area contributed by atoms with E-state index in [2.05, 4.69) is 10.3 Å². The van der Waals surface area contributed by atoms with Gasteiger partial charge in [-0.1, -0.05) is 17.3 Å². The van der Waals surface area contributed by atoms with Crippen LogP contribution in [0.15, 0.2) is 48.5 Å². The molecular formula is C22H22F2N4O3. The number of aliphatic hydroxyl groups excluding tert-OH is 1. The second-order valence-corrected chi connectivity index (χ2v) is 7.44. The monoisotopic (exact) mass is 428 g/mol. The molecule has 0 bridgehead atoms. The Kier molecular flexibility index (Phi) is 5.94. The highest BCUT2D eigenvalue weighted by molar-refractivity contribution is 5.93. The molecule has 2 aromatic carbocycles. The van der Waals surface area contributed by atoms with E-state index in [9.17, 15) is 18.7 Å². The van der Waals surface area contributed by atoms with Crippen LogP contribution >= 0.6 is 0 Å². The Bertz CT molecular complexity index is 1070. The lowest BCUT2D eigenvalue weighted by Crippen LogP contribution is -2.33. The standard InChI is InChI=1S/C22H22F2N4O3/c1-14-21(25-26-28(14)16-8-6-15(23)7-9-16)22(30)27-12-10-18(29)20(11-13-27)31-19-5-3-2-4-17(19)24/h2-9,18,20,29H,10-13H2,1H3/t18-,20-/m0/s1. The number of ether oxygens (including phenoxy) is 1. The minimum Gasteiger partial charge on any atom is -0.485 e. The number of amides is 1. The number of hydrogen-bond acceptors (Lipinski definition) is 5. The van der Waals surface area contributed by atoms with Gasteiger partial charge >= 0.3 is 0 Å². The minimum atomic E-state index is -0.839. The van der Waals surface area contributed by atoms with Gasteiger partial charge in [0.15, 0.2) is 17.3 Å². The molecule has 1 fully saturated rings. The normalized spacial score (nSPS) is 19.2. The maximum atomic E-state index is 13.9. The third kappa shape index (κ3) is 4.41. The third-order valence-corrected chi connectivity index (χ3v) is 5.38. The van der Waals surface area contributed by atoms with Crippen molar-refractivity contribution in [2.75, 3.05) is 13.1 Å². The Balaban J connectivity index is 1.47. The highest BCUT2D eigenvalue weighted by atomic mass is 19.1. The number of nitrogens with zero attached hydrogens (tertiary/aromatic N) is 4. The van der Waals surface area contributed by atoms with E-state index in [-0.39, 0.29) is 29.6 Å². The molecule has 0 saturated carbocycles. The van der Waals surface area contributed by atoms with Crippen LogP contribution in [-0.2, 0) is 0 Å². The number of hydrogen-bond donors (Lipinski definition) is 1. The summed E-state index contributed by atoms with van der Waals surface area (Å²) in [6, 6.07) is 11.7. The van der Waals surface area contributed by atoms with Gasteiger partial charge in [0.25, 0.3) is 5.91 Å². The Hall–Kier alpha value is -3.33. The molecule has 162 valence electrons. The summed E-state index contributed by atoms with van der Waals surface area (Å²) in [5.41, 5.74) is 1.31. The fourth-order valence-corrected chi connectivity index (χ4v) is 3.61. The van der Waals surface area contributed by atoms with Crippen molar-refractivity contribution in [3.63, 3.8) is 0 Å². The molecule has 1 aliphatic rings. The third-order valence-electron chi connectivity index (χ3n) is 5.38. The van der Waals surface area contributed by atoms with Gasteiger partial charge in [-0.25, -0.2) is 13.5 Å². The van der Waals surface area contributed by atoms with Crippen LogP contribution in [0.4, 0.5) is 8.78 Å². The van der Waals surface area contributed by atoms with Gasteiger partial charge in [0.1, 0.15) is 11.9 Å². The first-order valence-corrected chi connectivity index (χ1v) is 10.0. The number of halogens is 2. The number of para-hydroxylation sites is 1. The van der Waals surface area contributed by atoms with E-state index < -0.39 is 18.0 Å². The van der Waals surface area contributed by atoms with Crippen molar-refractivity contribution in [1.29, 1.82) is 0 Å². The molecule has 0 unspecified atom stereocenters. The second-order valence-electron chi connectivity index (χ2n) is 7.44. The quantitative estimate of drug-likeness (QED) is 0.691. The minimum absolute atomic E-state index is 0.0735. The van der Waals surface area contributed by atoms with Crippen LogP contribution in [0.25, 0.3) is 5.69 Å². The number of rotatable bonds is 4. The van der Waals surface area contributed by atoms with Gasteiger partial charge in [0.2, 0.25) is 0 Å². The Morgan fingerprint density at radius 1 is 1.10 bits per heavy atom. The molecule has 0 spiro atoms. The van der Waals surface area contributed by atoms with E-state index in [0.717, 1.165) is 0 Å². The fourth-order valence-electron chi connectivity index (χ4n) is 3.61. The van der Waals surface area contributed by atoms with E-state index in [0.29, 0.717) is 30.9 Å². The Morgan fingerprint density at radius 2 is 1.81 bits per heavy atom. The summed E-state index contributed by atoms with van der Waals surface area (Å²) in [5.74, 6) is -1.11. The van der Waals surface area contributed by atoms with Crippen molar-refractivity contribution in [2.45, 2.75) is 32.0 Å². The first-order chi connectivity index (χ1) is 14.9. The van der Waals surface area contributed by atoms with Gasteiger partial charge in [-0.05, 0) is 49.7 Å². The molecule has 4 rings (SSSR count). The van der Waals surface area contributed by atoms with Gasteiger partial charge in [-0.15, -0.1) is 5.10 Å². The number of carbonyl (C=O) groups excluding carboxylic acids is 1. The van der Waals surface area contributed by atoms with Crippen molar-refractivity contribution < 1.29 is 23.4 Å². The number of likely N-dealkylation sites (tertiary alicyclic amines) is 1. The first-order valence-electron chi connectivity index (χ1n) is 10.0. The molecule has 1 aromatic heterocycles. The van der Waals surface area contributed by atoms with E-state index in [1.165, 1.54) is 28.9 Å². The van der Waals surface area contributed by atoms with Gasteiger partial charge < -0.3 is 14.7 Å². The molecule has 0 aliphatic carbocycles. The van der Waals surface area contributed by atoms with E-state index in [1.54, 1.807) is 36.1 Å². The molecule has 1 aliphatic heterocycles. The number of carbonyl (C=O) groups is 1. The van der Waals surface area contributed by atoms with Crippen LogP contribution in [0.5, 0.6) is 5.75 Å². The zero-order chi connectivity index (χ0) is 22.0. The summed E-state index contributed by atoms with van der Waals surface area (Å²) < 4.78 is 34.2. The molecule has 7 nitrogen and oxygen atoms in total. The summed E-state index contributed by atoms with van der Waals surface area (Å²) in [7, 11) is 0. The van der Waals surface area contributed by atoms with Crippen molar-refractivity contribution in [3.05, 3.63) is 71.6 Å². The van der Waals surface area contributed by atoms with Gasteiger partial charge in [-0.3, -0.25) is 4.79 Å². The van der Waals surface area contributed by atoms with Crippen LogP contribution in [-0.4, -0.2) is 56.2 Å². The maximum Gasteiger partial charge on any atom is 0.276 e. The number of aromatic nitrogens is 3. The molecule has 1 amide bonds. The van der Waals surface area contributed by atoms with Crippen molar-refractivity contribution in [1.82, 2.24) is 19.9 Å². The van der Waals surface area contributed by atoms with Gasteiger partial charge in [0.05, 0.1) is 17.5 Å². The fraction of sp³-hybridized carbons (Fsp3) is 0.318. The van der Waals surface area contributed by atoms with Crippen molar-refractivity contribution in [2.24, 2.45) is 0 Å². The molecule has 9 heteroatoms. The summed E-state index contributed by atoms with van der Waals surface area (Å²) in [6.45, 7) is 2.34. The predicted molar refractivity (Wildman–Crippen MR) is 108 cm³/mol. The highest BCUT2D eigenvalue weighted by Crippen LogP contribution is 2.23. The largest absolute Gasteiger partial charge is 0.485 e. The molecule has 3 aromatic rings. The van der Waals surface area contributed by atoms with Crippen molar-refractivity contribution >= 4 is 5.91 Å². The molecule has 2 atom stereocenters. The number of benzene rings is 2. The average molecular weight is 428 g/mol. The van der Waals surface area contributed by atoms with E-state index in [1.807, 2.05) is 0 Å². The smallest absolute Gasteiger partial charge is 0.276 e. The zero-order valence-corrected chi connectivity index (χ0v) is 16.9. The van der Waals surface area contributed by atoms with E-state index in [4.69, 9.17) is 4.74 Å². The van der Waals surface area contributed by atoms with Crippen LogP contribution in [0, 0.1) is 18.6 Å². The van der Waals surface area contributed by atoms with E-state index >= 15 is 0 Å². The molecule has 0 radical (unpaired) electrons. The molecule has 2 heterocycles. The van der Waals surface area contributed by atoms with Gasteiger partial charge in [-0.2, -0.15) is 0 Å². The van der Waals surface area contributed by atoms with Crippen LogP contribution < -0.4 is 4.74 Å². The lowest BCUT2D eigenvalue weighted by Gasteiger charge is -2.22. The van der Waals surface area contributed by atoms with Crippen LogP contribution in [0.1, 0.15) is 29.0 Å². The number of aliphatic hydroxyl groups is 1. The maximum absolute atomic E-state index is 13.9. The predicted octanol–water partition coefficient (Wildman–Crippen LogP) is 2.90. The molecule has 1 saturated heterocycles. The average Bonchev–Trinajstić information content (AvgIpc) is 3.05. The summed E-state index contributed by atoms with van der Waals surface area (Å²) in [5, 5.41) is 18.5. The zero-order valence-electron chi connectivity index (χ0n) is 16.9. The molecular weight excluding hydrogens is 406 g/mol. The topological polar surface area (TPSA) is 80.5 Å². The van der Waals surface area contributed by atoms with Crippen molar-refractivity contribution in [3.8, 4) is 11.4 Å². The van der Waals surface area contributed by atoms with Gasteiger partial charge in [0, 0.05) is 19.5 Å². The van der Waals surface area contributed by atoms with Crippen LogP contribution in [0.3, 0.4) is 0 Å². The Morgan fingerprint density at radius 3 is 2.55 bits per heavy atom.